The molecule has 3 N–H and O–H groups in total. The van der Waals surface area contributed by atoms with Gasteiger partial charge in [-0.2, -0.15) is 0 Å². The van der Waals surface area contributed by atoms with Crippen molar-refractivity contribution in [2.45, 2.75) is 115 Å². The maximum Gasteiger partial charge on any atom is 0.309 e. The van der Waals surface area contributed by atoms with Gasteiger partial charge in [0.15, 0.2) is 11.6 Å². The van der Waals surface area contributed by atoms with E-state index < -0.39 is 23.1 Å². The van der Waals surface area contributed by atoms with Crippen LogP contribution in [0, 0.1) is 46.7 Å². The topological polar surface area (TPSA) is 114 Å². The Kier molecular flexibility index (Phi) is 9.62. The highest BCUT2D eigenvalue weighted by Gasteiger charge is 2.51. The number of aliphatic carboxylic acids is 1. The van der Waals surface area contributed by atoms with E-state index in [9.17, 15) is 19.5 Å². The van der Waals surface area contributed by atoms with Crippen molar-refractivity contribution in [3.63, 3.8) is 0 Å². The summed E-state index contributed by atoms with van der Waals surface area (Å²) in [6.45, 7) is 2.46. The van der Waals surface area contributed by atoms with Crippen LogP contribution < -0.4 is 20.1 Å². The van der Waals surface area contributed by atoms with Crippen molar-refractivity contribution in [2.24, 2.45) is 40.9 Å². The molecule has 0 radical (unpaired) electrons. The van der Waals surface area contributed by atoms with E-state index in [-0.39, 0.29) is 52.9 Å². The Morgan fingerprint density at radius 3 is 2.36 bits per heavy atom. The number of carbonyl (C=O) groups is 3. The SMILES string of the molecule is COc1cc(F)c(OC2CCC(C)(C(=O)O)CC2)cc1C(=O)N[C@@H]1[C@H]2CC[C@H](C2)[C@@H]1C(=O)NC[C@H](CC1CCCCC1)C1CC1. The van der Waals surface area contributed by atoms with Gasteiger partial charge in [0.1, 0.15) is 5.75 Å². The smallest absolute Gasteiger partial charge is 0.309 e. The van der Waals surface area contributed by atoms with Gasteiger partial charge in [0, 0.05) is 18.7 Å². The first-order valence-corrected chi connectivity index (χ1v) is 17.5. The molecule has 0 spiro atoms. The molecule has 5 atom stereocenters. The number of benzene rings is 1. The van der Waals surface area contributed by atoms with E-state index in [0.717, 1.165) is 37.6 Å². The van der Waals surface area contributed by atoms with Crippen LogP contribution >= 0.6 is 0 Å². The van der Waals surface area contributed by atoms with Gasteiger partial charge in [-0.3, -0.25) is 14.4 Å². The van der Waals surface area contributed by atoms with Crippen molar-refractivity contribution in [3.8, 4) is 11.5 Å². The summed E-state index contributed by atoms with van der Waals surface area (Å²) in [5.74, 6) is 0.566. The molecular weight excluding hydrogens is 575 g/mol. The molecule has 248 valence electrons. The van der Waals surface area contributed by atoms with E-state index >= 15 is 4.39 Å². The van der Waals surface area contributed by atoms with E-state index in [1.165, 1.54) is 70.6 Å². The minimum atomic E-state index is -0.828. The van der Waals surface area contributed by atoms with Crippen LogP contribution in [0.2, 0.25) is 0 Å². The van der Waals surface area contributed by atoms with Gasteiger partial charge >= 0.3 is 5.97 Å². The van der Waals surface area contributed by atoms with Crippen LogP contribution in [-0.2, 0) is 9.59 Å². The van der Waals surface area contributed by atoms with Crippen molar-refractivity contribution in [1.82, 2.24) is 10.6 Å². The lowest BCUT2D eigenvalue weighted by Crippen LogP contribution is -2.50. The molecule has 9 heteroatoms. The number of nitrogens with one attached hydrogen (secondary N) is 2. The van der Waals surface area contributed by atoms with Crippen LogP contribution in [0.15, 0.2) is 12.1 Å². The number of methoxy groups -OCH3 is 1. The molecule has 5 saturated carbocycles. The maximum atomic E-state index is 15.1. The number of hydrogen-bond donors (Lipinski definition) is 3. The molecule has 5 aliphatic rings. The summed E-state index contributed by atoms with van der Waals surface area (Å²) in [6.07, 6.45) is 14.9. The first-order chi connectivity index (χ1) is 21.6. The van der Waals surface area contributed by atoms with Crippen LogP contribution in [0.1, 0.15) is 114 Å². The van der Waals surface area contributed by atoms with Gasteiger partial charge in [0.25, 0.3) is 5.91 Å². The Hall–Kier alpha value is -2.84. The van der Waals surface area contributed by atoms with Gasteiger partial charge in [-0.15, -0.1) is 0 Å². The zero-order chi connectivity index (χ0) is 31.7. The number of halogens is 1. The molecule has 45 heavy (non-hydrogen) atoms. The number of amides is 2. The van der Waals surface area contributed by atoms with Crippen LogP contribution in [0.4, 0.5) is 4.39 Å². The highest BCUT2D eigenvalue weighted by molar-refractivity contribution is 5.98. The van der Waals surface area contributed by atoms with Crippen LogP contribution in [0.5, 0.6) is 11.5 Å². The first kappa shape index (κ1) is 32.1. The molecule has 0 aromatic heterocycles. The minimum absolute atomic E-state index is 0.0452. The summed E-state index contributed by atoms with van der Waals surface area (Å²) in [5, 5.41) is 16.0. The van der Waals surface area contributed by atoms with E-state index in [4.69, 9.17) is 9.47 Å². The monoisotopic (exact) mass is 626 g/mol. The second-order valence-corrected chi connectivity index (χ2v) is 15.1. The van der Waals surface area contributed by atoms with E-state index in [0.29, 0.717) is 31.6 Å². The Balaban J connectivity index is 1.11. The number of fused-ring (bicyclic) bond motifs is 2. The molecule has 1 aromatic rings. The van der Waals surface area contributed by atoms with Gasteiger partial charge in [-0.1, -0.05) is 32.1 Å². The highest BCUT2D eigenvalue weighted by Crippen LogP contribution is 2.49. The lowest BCUT2D eigenvalue weighted by molar-refractivity contribution is -0.150. The number of carboxylic acids is 1. The minimum Gasteiger partial charge on any atom is -0.496 e. The lowest BCUT2D eigenvalue weighted by atomic mass is 9.75. The van der Waals surface area contributed by atoms with Crippen molar-refractivity contribution in [1.29, 1.82) is 0 Å². The predicted molar refractivity (Wildman–Crippen MR) is 168 cm³/mol. The summed E-state index contributed by atoms with van der Waals surface area (Å²) in [4.78, 5) is 39.1. The van der Waals surface area contributed by atoms with Gasteiger partial charge in [-0.25, -0.2) is 4.39 Å². The van der Waals surface area contributed by atoms with Crippen LogP contribution in [0.3, 0.4) is 0 Å². The molecule has 0 saturated heterocycles. The number of carbonyl (C=O) groups excluding carboxylic acids is 2. The molecule has 0 heterocycles. The van der Waals surface area contributed by atoms with Crippen LogP contribution in [-0.4, -0.2) is 48.7 Å². The lowest BCUT2D eigenvalue weighted by Gasteiger charge is -2.34. The fourth-order valence-electron chi connectivity index (χ4n) is 9.03. The van der Waals surface area contributed by atoms with E-state index in [1.807, 2.05) is 0 Å². The summed E-state index contributed by atoms with van der Waals surface area (Å²) < 4.78 is 26.5. The largest absolute Gasteiger partial charge is 0.496 e. The fourth-order valence-corrected chi connectivity index (χ4v) is 9.03. The van der Waals surface area contributed by atoms with Gasteiger partial charge in [0.05, 0.1) is 30.1 Å². The average molecular weight is 627 g/mol. The molecule has 6 rings (SSSR count). The van der Waals surface area contributed by atoms with E-state index in [2.05, 4.69) is 10.6 Å². The molecule has 2 amide bonds. The van der Waals surface area contributed by atoms with Gasteiger partial charge in [-0.05, 0) is 107 Å². The summed E-state index contributed by atoms with van der Waals surface area (Å²) >= 11 is 0. The molecule has 2 bridgehead atoms. The molecule has 0 aliphatic heterocycles. The average Bonchev–Trinajstić information content (AvgIpc) is 3.69. The molecular formula is C36H51FN2O6. The molecule has 1 aromatic carbocycles. The third-order valence-electron chi connectivity index (χ3n) is 12.0. The number of carboxylic acid groups (broad SMARTS) is 1. The summed E-state index contributed by atoms with van der Waals surface area (Å²) in [7, 11) is 1.40. The Labute approximate surface area is 266 Å². The second-order valence-electron chi connectivity index (χ2n) is 15.1. The zero-order valence-corrected chi connectivity index (χ0v) is 27.0. The van der Waals surface area contributed by atoms with Crippen molar-refractivity contribution < 1.29 is 33.4 Å². The summed E-state index contributed by atoms with van der Waals surface area (Å²) in [5.41, 5.74) is -0.635. The highest BCUT2D eigenvalue weighted by atomic mass is 19.1. The Bertz CT molecular complexity index is 1250. The van der Waals surface area contributed by atoms with Gasteiger partial charge in [0.2, 0.25) is 5.91 Å². The quantitative estimate of drug-likeness (QED) is 0.244. The zero-order valence-electron chi connectivity index (χ0n) is 27.0. The standard InChI is InChI=1S/C36H51FN2O6/c1-36(35(42)43)14-12-26(13-15-36)45-30-18-27(29(44-2)19-28(30)37)33(40)39-32-24-11-10-23(17-24)31(32)34(41)38-20-25(22-8-9-22)16-21-6-4-3-5-7-21/h18-19,21-26,31-32H,3-17,20H2,1-2H3,(H,38,41)(H,39,40)(H,42,43)/t23-,24+,25+,26?,31+,32-,36?/m1/s1. The number of hydrogen-bond acceptors (Lipinski definition) is 5. The molecule has 0 unspecified atom stereocenters. The number of rotatable bonds is 12. The normalized spacial score (nSPS) is 32.1. The third kappa shape index (κ3) is 7.12. The first-order valence-electron chi connectivity index (χ1n) is 17.5. The fraction of sp³-hybridized carbons (Fsp3) is 0.750. The van der Waals surface area contributed by atoms with Crippen molar-refractivity contribution >= 4 is 17.8 Å². The summed E-state index contributed by atoms with van der Waals surface area (Å²) in [6, 6.07) is 2.28. The third-order valence-corrected chi connectivity index (χ3v) is 12.0. The Morgan fingerprint density at radius 1 is 0.978 bits per heavy atom. The van der Waals surface area contributed by atoms with Crippen molar-refractivity contribution in [3.05, 3.63) is 23.5 Å². The predicted octanol–water partition coefficient (Wildman–Crippen LogP) is 6.50. The molecule has 5 aliphatic carbocycles. The second kappa shape index (κ2) is 13.5. The maximum absolute atomic E-state index is 15.1. The number of ether oxygens (including phenoxy) is 2. The van der Waals surface area contributed by atoms with Crippen LogP contribution in [0.25, 0.3) is 0 Å². The van der Waals surface area contributed by atoms with Gasteiger partial charge < -0.3 is 25.2 Å². The van der Waals surface area contributed by atoms with E-state index in [1.54, 1.807) is 6.92 Å². The Morgan fingerprint density at radius 2 is 1.69 bits per heavy atom. The van der Waals surface area contributed by atoms with Crippen molar-refractivity contribution in [2.75, 3.05) is 13.7 Å². The molecule has 8 nitrogen and oxygen atoms in total. The molecule has 5 fully saturated rings.